The molecule has 0 amide bonds. The Balaban J connectivity index is 1.81. The third-order valence-electron chi connectivity index (χ3n) is 3.97. The molecule has 0 aliphatic carbocycles. The minimum atomic E-state index is -4.39. The van der Waals surface area contributed by atoms with Gasteiger partial charge in [-0.3, -0.25) is 0 Å². The van der Waals surface area contributed by atoms with Crippen LogP contribution in [0.3, 0.4) is 0 Å². The van der Waals surface area contributed by atoms with Gasteiger partial charge in [0.1, 0.15) is 6.10 Å². The van der Waals surface area contributed by atoms with Crippen molar-refractivity contribution >= 4 is 0 Å². The standard InChI is InChI=1S/C17H17F3N2O/c18-17(19,20)14-6-7-15(22-11-14)23-16(13-8-9-21-10-13)12-4-2-1-3-5-12/h1-7,11,13,16,21H,8-10H2. The lowest BCUT2D eigenvalue weighted by Crippen LogP contribution is -2.21. The Bertz CT molecular complexity index is 623. The Morgan fingerprint density at radius 2 is 1.91 bits per heavy atom. The van der Waals surface area contributed by atoms with Crippen LogP contribution in [-0.4, -0.2) is 18.1 Å². The van der Waals surface area contributed by atoms with Crippen LogP contribution in [0.15, 0.2) is 48.7 Å². The summed E-state index contributed by atoms with van der Waals surface area (Å²) in [6.45, 7) is 1.73. The zero-order chi connectivity index (χ0) is 16.3. The Hall–Kier alpha value is -2.08. The lowest BCUT2D eigenvalue weighted by molar-refractivity contribution is -0.137. The van der Waals surface area contributed by atoms with Crippen molar-refractivity contribution in [2.24, 2.45) is 5.92 Å². The maximum absolute atomic E-state index is 12.6. The van der Waals surface area contributed by atoms with E-state index in [1.54, 1.807) is 0 Å². The van der Waals surface area contributed by atoms with Gasteiger partial charge in [-0.25, -0.2) is 4.98 Å². The molecule has 0 saturated carbocycles. The number of ether oxygens (including phenoxy) is 1. The molecule has 1 aliphatic heterocycles. The van der Waals surface area contributed by atoms with Gasteiger partial charge in [-0.15, -0.1) is 0 Å². The second-order valence-corrected chi connectivity index (χ2v) is 5.58. The van der Waals surface area contributed by atoms with Gasteiger partial charge in [0, 0.05) is 24.7 Å². The first kappa shape index (κ1) is 15.8. The molecular formula is C17H17F3N2O. The predicted molar refractivity (Wildman–Crippen MR) is 80.0 cm³/mol. The average Bonchev–Trinajstić information content (AvgIpc) is 3.07. The molecule has 1 aromatic carbocycles. The second kappa shape index (κ2) is 6.58. The van der Waals surface area contributed by atoms with E-state index in [0.717, 1.165) is 37.3 Å². The summed E-state index contributed by atoms with van der Waals surface area (Å²) in [6, 6.07) is 12.0. The monoisotopic (exact) mass is 322 g/mol. The fraction of sp³-hybridized carbons (Fsp3) is 0.353. The first-order valence-electron chi connectivity index (χ1n) is 7.49. The molecule has 2 atom stereocenters. The molecule has 1 aliphatic rings. The van der Waals surface area contributed by atoms with Crippen molar-refractivity contribution in [3.8, 4) is 5.88 Å². The molecule has 3 rings (SSSR count). The van der Waals surface area contributed by atoms with Gasteiger partial charge in [-0.05, 0) is 24.6 Å². The van der Waals surface area contributed by atoms with Gasteiger partial charge in [0.05, 0.1) is 5.56 Å². The van der Waals surface area contributed by atoms with Crippen molar-refractivity contribution in [1.29, 1.82) is 0 Å². The second-order valence-electron chi connectivity index (χ2n) is 5.58. The molecule has 0 radical (unpaired) electrons. The van der Waals surface area contributed by atoms with Gasteiger partial charge in [-0.1, -0.05) is 30.3 Å². The van der Waals surface area contributed by atoms with E-state index in [1.165, 1.54) is 6.07 Å². The highest BCUT2D eigenvalue weighted by Gasteiger charge is 2.32. The van der Waals surface area contributed by atoms with Crippen molar-refractivity contribution < 1.29 is 17.9 Å². The van der Waals surface area contributed by atoms with Crippen molar-refractivity contribution in [3.05, 3.63) is 59.8 Å². The molecule has 2 aromatic rings. The lowest BCUT2D eigenvalue weighted by Gasteiger charge is -2.24. The topological polar surface area (TPSA) is 34.1 Å². The van der Waals surface area contributed by atoms with Crippen LogP contribution >= 0.6 is 0 Å². The van der Waals surface area contributed by atoms with Crippen LogP contribution in [0.1, 0.15) is 23.7 Å². The van der Waals surface area contributed by atoms with Gasteiger partial charge in [0.15, 0.2) is 0 Å². The normalized spacial score (nSPS) is 19.5. The summed E-state index contributed by atoms with van der Waals surface area (Å²) in [5, 5.41) is 3.29. The zero-order valence-corrected chi connectivity index (χ0v) is 12.4. The molecule has 1 N–H and O–H groups in total. The Kier molecular flexibility index (Phi) is 4.52. The number of hydrogen-bond donors (Lipinski definition) is 1. The zero-order valence-electron chi connectivity index (χ0n) is 12.4. The highest BCUT2D eigenvalue weighted by Crippen LogP contribution is 2.33. The van der Waals surface area contributed by atoms with Crippen molar-refractivity contribution in [1.82, 2.24) is 10.3 Å². The maximum atomic E-state index is 12.6. The number of nitrogens with one attached hydrogen (secondary N) is 1. The van der Waals surface area contributed by atoms with E-state index in [0.29, 0.717) is 0 Å². The lowest BCUT2D eigenvalue weighted by atomic mass is 9.95. The molecular weight excluding hydrogens is 305 g/mol. The number of halogens is 3. The van der Waals surface area contributed by atoms with E-state index >= 15 is 0 Å². The fourth-order valence-corrected chi connectivity index (χ4v) is 2.76. The molecule has 122 valence electrons. The van der Waals surface area contributed by atoms with Crippen LogP contribution in [0.5, 0.6) is 5.88 Å². The molecule has 1 fully saturated rings. The fourth-order valence-electron chi connectivity index (χ4n) is 2.76. The third-order valence-corrected chi connectivity index (χ3v) is 3.97. The highest BCUT2D eigenvalue weighted by atomic mass is 19.4. The maximum Gasteiger partial charge on any atom is 0.417 e. The Morgan fingerprint density at radius 3 is 2.48 bits per heavy atom. The first-order chi connectivity index (χ1) is 11.0. The number of aromatic nitrogens is 1. The number of nitrogens with zero attached hydrogens (tertiary/aromatic N) is 1. The van der Waals surface area contributed by atoms with E-state index < -0.39 is 11.7 Å². The summed E-state index contributed by atoms with van der Waals surface area (Å²) in [5.41, 5.74) is 0.228. The van der Waals surface area contributed by atoms with E-state index in [-0.39, 0.29) is 17.9 Å². The van der Waals surface area contributed by atoms with Gasteiger partial charge in [-0.2, -0.15) is 13.2 Å². The van der Waals surface area contributed by atoms with Gasteiger partial charge < -0.3 is 10.1 Å². The first-order valence-corrected chi connectivity index (χ1v) is 7.49. The molecule has 1 saturated heterocycles. The minimum Gasteiger partial charge on any atom is -0.469 e. The summed E-state index contributed by atoms with van der Waals surface area (Å²) in [6.07, 6.45) is -2.85. The SMILES string of the molecule is FC(F)(F)c1ccc(OC(c2ccccc2)C2CCNC2)nc1. The number of rotatable bonds is 4. The van der Waals surface area contributed by atoms with Crippen molar-refractivity contribution in [2.45, 2.75) is 18.7 Å². The molecule has 2 heterocycles. The largest absolute Gasteiger partial charge is 0.469 e. The third kappa shape index (κ3) is 3.82. The summed E-state index contributed by atoms with van der Waals surface area (Å²) in [4.78, 5) is 3.82. The number of hydrogen-bond acceptors (Lipinski definition) is 3. The number of benzene rings is 1. The summed E-state index contributed by atoms with van der Waals surface area (Å²) in [5.74, 6) is 0.472. The predicted octanol–water partition coefficient (Wildman–Crippen LogP) is 3.83. The highest BCUT2D eigenvalue weighted by molar-refractivity contribution is 5.23. The van der Waals surface area contributed by atoms with E-state index in [2.05, 4.69) is 10.3 Å². The number of alkyl halides is 3. The summed E-state index contributed by atoms with van der Waals surface area (Å²) < 4.78 is 43.7. The van der Waals surface area contributed by atoms with Crippen molar-refractivity contribution in [3.63, 3.8) is 0 Å². The quantitative estimate of drug-likeness (QED) is 0.929. The molecule has 3 nitrogen and oxygen atoms in total. The van der Waals surface area contributed by atoms with Crippen LogP contribution in [0.25, 0.3) is 0 Å². The molecule has 0 spiro atoms. The van der Waals surface area contributed by atoms with Crippen molar-refractivity contribution in [2.75, 3.05) is 13.1 Å². The average molecular weight is 322 g/mol. The smallest absolute Gasteiger partial charge is 0.417 e. The number of pyridine rings is 1. The molecule has 23 heavy (non-hydrogen) atoms. The summed E-state index contributed by atoms with van der Waals surface area (Å²) >= 11 is 0. The van der Waals surface area contributed by atoms with Gasteiger partial charge in [0.2, 0.25) is 5.88 Å². The Morgan fingerprint density at radius 1 is 1.13 bits per heavy atom. The van der Waals surface area contributed by atoms with Crippen LogP contribution in [0, 0.1) is 5.92 Å². The van der Waals surface area contributed by atoms with Gasteiger partial charge >= 0.3 is 6.18 Å². The van der Waals surface area contributed by atoms with Crippen LogP contribution < -0.4 is 10.1 Å². The van der Waals surface area contributed by atoms with E-state index in [4.69, 9.17) is 4.74 Å². The molecule has 1 aromatic heterocycles. The minimum absolute atomic E-state index is 0.207. The van der Waals surface area contributed by atoms with Crippen LogP contribution in [0.4, 0.5) is 13.2 Å². The van der Waals surface area contributed by atoms with Crippen LogP contribution in [0.2, 0.25) is 0 Å². The van der Waals surface area contributed by atoms with E-state index in [9.17, 15) is 13.2 Å². The molecule has 2 unspecified atom stereocenters. The Labute approximate surface area is 132 Å². The van der Waals surface area contributed by atoms with Gasteiger partial charge in [0.25, 0.3) is 0 Å². The molecule has 0 bridgehead atoms. The molecule has 6 heteroatoms. The van der Waals surface area contributed by atoms with Crippen LogP contribution in [-0.2, 0) is 6.18 Å². The van der Waals surface area contributed by atoms with E-state index in [1.807, 2.05) is 30.3 Å². The summed E-state index contributed by atoms with van der Waals surface area (Å²) in [7, 11) is 0.